The zero-order valence-electron chi connectivity index (χ0n) is 13.7. The Balaban J connectivity index is 1.28. The monoisotopic (exact) mass is 318 g/mol. The maximum atomic E-state index is 6.21. The van der Waals surface area contributed by atoms with Crippen molar-refractivity contribution in [2.45, 2.75) is 50.0 Å². The molecule has 5 heteroatoms. The predicted molar refractivity (Wildman–Crippen MR) is 86.1 cm³/mol. The normalized spacial score (nSPS) is 32.8. The minimum Gasteiger partial charge on any atom is -0.381 e. The number of hydrogen-bond donors (Lipinski definition) is 0. The van der Waals surface area contributed by atoms with E-state index in [9.17, 15) is 0 Å². The average Bonchev–Trinajstić information content (AvgIpc) is 3.22. The van der Waals surface area contributed by atoms with Gasteiger partial charge in [0.25, 0.3) is 0 Å². The Morgan fingerprint density at radius 2 is 2.22 bits per heavy atom. The Morgan fingerprint density at radius 1 is 1.30 bits per heavy atom. The van der Waals surface area contributed by atoms with E-state index in [-0.39, 0.29) is 11.7 Å². The van der Waals surface area contributed by atoms with Gasteiger partial charge in [-0.15, -0.1) is 0 Å². The fourth-order valence-corrected chi connectivity index (χ4v) is 4.12. The molecule has 0 unspecified atom stereocenters. The highest BCUT2D eigenvalue weighted by Gasteiger charge is 2.47. The second-order valence-electron chi connectivity index (χ2n) is 7.02. The summed E-state index contributed by atoms with van der Waals surface area (Å²) in [5, 5.41) is 0. The molecule has 4 heterocycles. The Labute approximate surface area is 137 Å². The van der Waals surface area contributed by atoms with Crippen LogP contribution in [0.5, 0.6) is 0 Å². The number of likely N-dealkylation sites (tertiary alicyclic amines) is 1. The molecule has 1 aromatic heterocycles. The van der Waals surface area contributed by atoms with Crippen LogP contribution in [0.2, 0.25) is 0 Å². The lowest BCUT2D eigenvalue weighted by Gasteiger charge is -2.32. The molecule has 3 aliphatic heterocycles. The predicted octanol–water partition coefficient (Wildman–Crippen LogP) is 2.01. The molecular weight excluding hydrogens is 292 g/mol. The zero-order valence-corrected chi connectivity index (χ0v) is 13.7. The van der Waals surface area contributed by atoms with Crippen LogP contribution < -0.4 is 0 Å². The highest BCUT2D eigenvalue weighted by atomic mass is 16.6. The van der Waals surface area contributed by atoms with Crippen molar-refractivity contribution in [2.75, 3.05) is 32.9 Å². The van der Waals surface area contributed by atoms with Gasteiger partial charge in [-0.1, -0.05) is 6.07 Å². The highest BCUT2D eigenvalue weighted by molar-refractivity contribution is 5.03. The second kappa shape index (κ2) is 6.85. The van der Waals surface area contributed by atoms with Gasteiger partial charge in [0.1, 0.15) is 0 Å². The molecule has 0 saturated carbocycles. The van der Waals surface area contributed by atoms with Crippen molar-refractivity contribution >= 4 is 0 Å². The van der Waals surface area contributed by atoms with Gasteiger partial charge in [-0.05, 0) is 31.4 Å². The van der Waals surface area contributed by atoms with E-state index in [0.29, 0.717) is 19.3 Å². The van der Waals surface area contributed by atoms with Gasteiger partial charge in [0.15, 0.2) is 0 Å². The summed E-state index contributed by atoms with van der Waals surface area (Å²) in [4.78, 5) is 6.93. The van der Waals surface area contributed by atoms with E-state index in [0.717, 1.165) is 57.7 Å². The van der Waals surface area contributed by atoms with Crippen LogP contribution in [0.4, 0.5) is 0 Å². The van der Waals surface area contributed by atoms with Crippen LogP contribution in [0.3, 0.4) is 0 Å². The average molecular weight is 318 g/mol. The van der Waals surface area contributed by atoms with Gasteiger partial charge in [-0.3, -0.25) is 9.88 Å². The van der Waals surface area contributed by atoms with Crippen LogP contribution in [-0.4, -0.2) is 60.5 Å². The first-order valence-electron chi connectivity index (χ1n) is 8.80. The summed E-state index contributed by atoms with van der Waals surface area (Å²) in [5.41, 5.74) is 1.01. The fourth-order valence-electron chi connectivity index (χ4n) is 4.12. The molecule has 0 amide bonds. The number of rotatable bonds is 4. The molecule has 126 valence electrons. The van der Waals surface area contributed by atoms with Crippen LogP contribution >= 0.6 is 0 Å². The molecule has 4 rings (SSSR count). The van der Waals surface area contributed by atoms with Crippen molar-refractivity contribution in [3.8, 4) is 0 Å². The van der Waals surface area contributed by atoms with E-state index >= 15 is 0 Å². The Bertz CT molecular complexity index is 506. The van der Waals surface area contributed by atoms with E-state index in [1.165, 1.54) is 0 Å². The van der Waals surface area contributed by atoms with Crippen molar-refractivity contribution in [2.24, 2.45) is 0 Å². The lowest BCUT2D eigenvalue weighted by Crippen LogP contribution is -2.41. The molecule has 1 aromatic rings. The second-order valence-corrected chi connectivity index (χ2v) is 7.02. The third-order valence-electron chi connectivity index (χ3n) is 5.42. The first-order valence-corrected chi connectivity index (χ1v) is 8.80. The molecule has 0 aliphatic carbocycles. The van der Waals surface area contributed by atoms with Crippen LogP contribution in [0.25, 0.3) is 0 Å². The van der Waals surface area contributed by atoms with Gasteiger partial charge < -0.3 is 14.2 Å². The van der Waals surface area contributed by atoms with Gasteiger partial charge in [-0.2, -0.15) is 0 Å². The molecule has 0 bridgehead atoms. The molecule has 0 aromatic carbocycles. The summed E-state index contributed by atoms with van der Waals surface area (Å²) in [5.74, 6) is 0. The molecule has 0 N–H and O–H groups in total. The molecule has 2 atom stereocenters. The topological polar surface area (TPSA) is 43.8 Å². The molecule has 1 spiro atoms. The lowest BCUT2D eigenvalue weighted by atomic mass is 9.98. The SMILES string of the molecule is c1ccc(CO[C@@H]2CO[C@@]3(CCN(C4CCOCC4)C3)C2)nc1. The van der Waals surface area contributed by atoms with Gasteiger partial charge in [0.2, 0.25) is 0 Å². The largest absolute Gasteiger partial charge is 0.381 e. The molecule has 5 nitrogen and oxygen atoms in total. The quantitative estimate of drug-likeness (QED) is 0.850. The van der Waals surface area contributed by atoms with Crippen molar-refractivity contribution in [3.63, 3.8) is 0 Å². The van der Waals surface area contributed by atoms with Crippen LogP contribution in [0.15, 0.2) is 24.4 Å². The van der Waals surface area contributed by atoms with E-state index < -0.39 is 0 Å². The molecule has 3 saturated heterocycles. The first-order chi connectivity index (χ1) is 11.3. The minimum atomic E-state index is 0.0209. The smallest absolute Gasteiger partial charge is 0.0892 e. The van der Waals surface area contributed by atoms with Crippen molar-refractivity contribution in [3.05, 3.63) is 30.1 Å². The molecule has 0 radical (unpaired) electrons. The summed E-state index contributed by atoms with van der Waals surface area (Å²) in [6, 6.07) is 6.62. The van der Waals surface area contributed by atoms with Crippen LogP contribution in [0, 0.1) is 0 Å². The van der Waals surface area contributed by atoms with E-state index in [1.54, 1.807) is 0 Å². The summed E-state index contributed by atoms with van der Waals surface area (Å²) in [6.45, 7) is 5.32. The van der Waals surface area contributed by atoms with Gasteiger partial charge in [-0.25, -0.2) is 0 Å². The standard InChI is InChI=1S/C18H26N2O3/c1-2-7-19-15(3-1)12-22-17-11-18(23-13-17)6-8-20(14-18)16-4-9-21-10-5-16/h1-3,7,16-17H,4-6,8-14H2/t17-,18-/m0/s1. The highest BCUT2D eigenvalue weighted by Crippen LogP contribution is 2.38. The fraction of sp³-hybridized carbons (Fsp3) is 0.722. The van der Waals surface area contributed by atoms with E-state index in [2.05, 4.69) is 9.88 Å². The number of aromatic nitrogens is 1. The molecule has 23 heavy (non-hydrogen) atoms. The lowest BCUT2D eigenvalue weighted by molar-refractivity contribution is -0.00972. The maximum Gasteiger partial charge on any atom is 0.0892 e. The van der Waals surface area contributed by atoms with Crippen molar-refractivity contribution in [1.82, 2.24) is 9.88 Å². The van der Waals surface area contributed by atoms with Gasteiger partial charge in [0.05, 0.1) is 30.6 Å². The third-order valence-corrected chi connectivity index (χ3v) is 5.42. The Kier molecular flexibility index (Phi) is 4.62. The maximum absolute atomic E-state index is 6.21. The number of pyridine rings is 1. The van der Waals surface area contributed by atoms with E-state index in [1.807, 2.05) is 24.4 Å². The summed E-state index contributed by atoms with van der Waals surface area (Å²) in [7, 11) is 0. The number of ether oxygens (including phenoxy) is 3. The number of nitrogens with zero attached hydrogens (tertiary/aromatic N) is 2. The summed E-state index contributed by atoms with van der Waals surface area (Å²) in [6.07, 6.45) is 6.49. The van der Waals surface area contributed by atoms with Gasteiger partial charge in [0, 0.05) is 45.0 Å². The first kappa shape index (κ1) is 15.5. The van der Waals surface area contributed by atoms with E-state index in [4.69, 9.17) is 14.2 Å². The van der Waals surface area contributed by atoms with Crippen molar-refractivity contribution < 1.29 is 14.2 Å². The summed E-state index contributed by atoms with van der Waals surface area (Å²) >= 11 is 0. The van der Waals surface area contributed by atoms with Crippen LogP contribution in [-0.2, 0) is 20.8 Å². The Hall–Kier alpha value is -1.01. The van der Waals surface area contributed by atoms with Crippen LogP contribution in [0.1, 0.15) is 31.4 Å². The van der Waals surface area contributed by atoms with Gasteiger partial charge >= 0.3 is 0 Å². The molecule has 3 aliphatic rings. The minimum absolute atomic E-state index is 0.0209. The number of hydrogen-bond acceptors (Lipinski definition) is 5. The van der Waals surface area contributed by atoms with Crippen molar-refractivity contribution in [1.29, 1.82) is 0 Å². The zero-order chi connectivity index (χ0) is 15.5. The molecular formula is C18H26N2O3. The Morgan fingerprint density at radius 3 is 3.04 bits per heavy atom. The third kappa shape index (κ3) is 3.58. The summed E-state index contributed by atoms with van der Waals surface area (Å²) < 4.78 is 17.7. The molecule has 3 fully saturated rings.